The van der Waals surface area contributed by atoms with Gasteiger partial charge in [-0.15, -0.1) is 0 Å². The molecule has 0 aromatic carbocycles. The predicted octanol–water partition coefficient (Wildman–Crippen LogP) is 1.48. The van der Waals surface area contributed by atoms with Crippen LogP contribution in [0.15, 0.2) is 11.6 Å². The third-order valence-corrected chi connectivity index (χ3v) is 1.67. The van der Waals surface area contributed by atoms with Crippen molar-refractivity contribution in [3.63, 3.8) is 0 Å². The van der Waals surface area contributed by atoms with Crippen LogP contribution in [0.4, 0.5) is 0 Å². The summed E-state index contributed by atoms with van der Waals surface area (Å²) in [5, 5.41) is 9.11. The Labute approximate surface area is 50.0 Å². The summed E-state index contributed by atoms with van der Waals surface area (Å²) in [6.45, 7) is 1.99. The van der Waals surface area contributed by atoms with Crippen molar-refractivity contribution in [1.29, 1.82) is 0 Å². The fourth-order valence-corrected chi connectivity index (χ4v) is 1.00. The smallest absolute Gasteiger partial charge is 0.0747 e. The number of aliphatic hydroxyl groups excluding tert-OH is 1. The third-order valence-electron chi connectivity index (χ3n) is 1.67. The van der Waals surface area contributed by atoms with Crippen molar-refractivity contribution in [2.24, 2.45) is 0 Å². The van der Waals surface area contributed by atoms with E-state index in [1.165, 1.54) is 0 Å². The molecule has 0 unspecified atom stereocenters. The average Bonchev–Trinajstić information content (AvgIpc) is 1.77. The van der Waals surface area contributed by atoms with Gasteiger partial charge in [0.2, 0.25) is 0 Å². The van der Waals surface area contributed by atoms with Crippen LogP contribution in [-0.4, -0.2) is 11.2 Å². The summed E-state index contributed by atoms with van der Waals surface area (Å²) < 4.78 is 0. The molecule has 0 aromatic rings. The minimum Gasteiger partial charge on any atom is -0.389 e. The zero-order valence-corrected chi connectivity index (χ0v) is 5.22. The molecule has 0 bridgehead atoms. The van der Waals surface area contributed by atoms with Gasteiger partial charge in [0.1, 0.15) is 0 Å². The van der Waals surface area contributed by atoms with Crippen molar-refractivity contribution >= 4 is 0 Å². The van der Waals surface area contributed by atoms with Crippen LogP contribution in [-0.2, 0) is 0 Å². The number of rotatable bonds is 0. The van der Waals surface area contributed by atoms with E-state index >= 15 is 0 Å². The molecule has 1 rings (SSSR count). The quantitative estimate of drug-likeness (QED) is 0.470. The Hall–Kier alpha value is -0.300. The molecule has 1 N–H and O–H groups in total. The fraction of sp³-hybridized carbons (Fsp3) is 0.714. The number of hydrogen-bond donors (Lipinski definition) is 1. The Morgan fingerprint density at radius 3 is 2.88 bits per heavy atom. The van der Waals surface area contributed by atoms with Crippen LogP contribution in [0.2, 0.25) is 0 Å². The molecule has 1 aliphatic rings. The van der Waals surface area contributed by atoms with Gasteiger partial charge in [0.15, 0.2) is 0 Å². The van der Waals surface area contributed by atoms with Crippen LogP contribution in [0.3, 0.4) is 0 Å². The first-order chi connectivity index (χ1) is 3.80. The van der Waals surface area contributed by atoms with Crippen LogP contribution in [0, 0.1) is 0 Å². The van der Waals surface area contributed by atoms with E-state index in [4.69, 9.17) is 5.11 Å². The Bertz CT molecular complexity index is 105. The van der Waals surface area contributed by atoms with Crippen molar-refractivity contribution in [3.8, 4) is 0 Å². The summed E-state index contributed by atoms with van der Waals surface area (Å²) in [6.07, 6.45) is 5.25. The summed E-state index contributed by atoms with van der Waals surface area (Å²) in [7, 11) is 0. The summed E-state index contributed by atoms with van der Waals surface area (Å²) in [4.78, 5) is 0. The molecule has 0 spiro atoms. The molecule has 1 atom stereocenters. The van der Waals surface area contributed by atoms with Crippen LogP contribution < -0.4 is 0 Å². The lowest BCUT2D eigenvalue weighted by Gasteiger charge is -2.14. The highest BCUT2D eigenvalue weighted by atomic mass is 16.3. The van der Waals surface area contributed by atoms with E-state index in [0.29, 0.717) is 0 Å². The highest BCUT2D eigenvalue weighted by Crippen LogP contribution is 2.16. The van der Waals surface area contributed by atoms with Crippen LogP contribution in [0.1, 0.15) is 26.2 Å². The van der Waals surface area contributed by atoms with Crippen LogP contribution in [0.25, 0.3) is 0 Å². The van der Waals surface area contributed by atoms with Gasteiger partial charge < -0.3 is 5.11 Å². The predicted molar refractivity (Wildman–Crippen MR) is 33.6 cm³/mol. The number of allylic oxidation sites excluding steroid dienone is 1. The van der Waals surface area contributed by atoms with Crippen molar-refractivity contribution in [1.82, 2.24) is 0 Å². The van der Waals surface area contributed by atoms with E-state index in [2.05, 4.69) is 6.08 Å². The molecule has 0 aromatic heterocycles. The van der Waals surface area contributed by atoms with Crippen LogP contribution in [0.5, 0.6) is 0 Å². The number of aliphatic hydroxyl groups is 1. The Kier molecular flexibility index (Phi) is 1.69. The molecule has 0 fully saturated rings. The van der Waals surface area contributed by atoms with E-state index in [1.54, 1.807) is 0 Å². The zero-order chi connectivity index (χ0) is 5.98. The topological polar surface area (TPSA) is 20.2 Å². The standard InChI is InChI=1S/C7H12O/c1-6-4-2-3-5-7(6)8/h4,7-8H,2-3,5H2,1H3/t7-/m1/s1. The molecule has 0 amide bonds. The molecular formula is C7H12O. The van der Waals surface area contributed by atoms with Gasteiger partial charge in [-0.05, 0) is 31.8 Å². The molecule has 1 nitrogen and oxygen atoms in total. The van der Waals surface area contributed by atoms with Crippen molar-refractivity contribution in [2.75, 3.05) is 0 Å². The van der Waals surface area contributed by atoms with Gasteiger partial charge in [0.05, 0.1) is 6.10 Å². The fourth-order valence-electron chi connectivity index (χ4n) is 1.00. The lowest BCUT2D eigenvalue weighted by Crippen LogP contribution is -2.10. The largest absolute Gasteiger partial charge is 0.389 e. The highest BCUT2D eigenvalue weighted by molar-refractivity contribution is 5.07. The van der Waals surface area contributed by atoms with Crippen molar-refractivity contribution in [3.05, 3.63) is 11.6 Å². The lowest BCUT2D eigenvalue weighted by molar-refractivity contribution is 0.191. The van der Waals surface area contributed by atoms with Gasteiger partial charge in [-0.2, -0.15) is 0 Å². The Morgan fingerprint density at radius 2 is 2.50 bits per heavy atom. The molecule has 1 heteroatoms. The van der Waals surface area contributed by atoms with E-state index in [-0.39, 0.29) is 6.10 Å². The van der Waals surface area contributed by atoms with Gasteiger partial charge in [-0.3, -0.25) is 0 Å². The summed E-state index contributed by atoms with van der Waals surface area (Å²) in [6, 6.07) is 0. The second kappa shape index (κ2) is 2.31. The Morgan fingerprint density at radius 1 is 1.75 bits per heavy atom. The normalized spacial score (nSPS) is 29.8. The van der Waals surface area contributed by atoms with Gasteiger partial charge in [-0.1, -0.05) is 6.08 Å². The maximum Gasteiger partial charge on any atom is 0.0747 e. The SMILES string of the molecule is CC1=CCCC[C@H]1O. The first-order valence-electron chi connectivity index (χ1n) is 3.15. The maximum absolute atomic E-state index is 9.11. The van der Waals surface area contributed by atoms with E-state index in [1.807, 2.05) is 6.92 Å². The molecular weight excluding hydrogens is 100 g/mol. The van der Waals surface area contributed by atoms with E-state index in [9.17, 15) is 0 Å². The van der Waals surface area contributed by atoms with Crippen LogP contribution >= 0.6 is 0 Å². The monoisotopic (exact) mass is 112 g/mol. The summed E-state index contributed by atoms with van der Waals surface area (Å²) in [5.41, 5.74) is 1.15. The average molecular weight is 112 g/mol. The molecule has 8 heavy (non-hydrogen) atoms. The minimum atomic E-state index is -0.135. The zero-order valence-electron chi connectivity index (χ0n) is 5.22. The highest BCUT2D eigenvalue weighted by Gasteiger charge is 2.08. The molecule has 1 aliphatic carbocycles. The minimum absolute atomic E-state index is 0.135. The van der Waals surface area contributed by atoms with E-state index < -0.39 is 0 Å². The Balaban J connectivity index is 2.53. The molecule has 0 radical (unpaired) electrons. The number of hydrogen-bond acceptors (Lipinski definition) is 1. The second-order valence-electron chi connectivity index (χ2n) is 2.39. The molecule has 0 aliphatic heterocycles. The summed E-state index contributed by atoms with van der Waals surface area (Å²) in [5.74, 6) is 0. The van der Waals surface area contributed by atoms with Crippen molar-refractivity contribution < 1.29 is 5.11 Å². The summed E-state index contributed by atoms with van der Waals surface area (Å²) >= 11 is 0. The molecule has 0 saturated carbocycles. The molecule has 46 valence electrons. The van der Waals surface area contributed by atoms with Gasteiger partial charge >= 0.3 is 0 Å². The van der Waals surface area contributed by atoms with Gasteiger partial charge in [0, 0.05) is 0 Å². The maximum atomic E-state index is 9.11. The van der Waals surface area contributed by atoms with Gasteiger partial charge in [0.25, 0.3) is 0 Å². The molecule has 0 heterocycles. The third kappa shape index (κ3) is 1.10. The van der Waals surface area contributed by atoms with Gasteiger partial charge in [-0.25, -0.2) is 0 Å². The first-order valence-corrected chi connectivity index (χ1v) is 3.15. The van der Waals surface area contributed by atoms with Crippen molar-refractivity contribution in [2.45, 2.75) is 32.3 Å². The molecule has 0 saturated heterocycles. The second-order valence-corrected chi connectivity index (χ2v) is 2.39. The first kappa shape index (κ1) is 5.83. The van der Waals surface area contributed by atoms with E-state index in [0.717, 1.165) is 24.8 Å². The lowest BCUT2D eigenvalue weighted by atomic mass is 9.98.